The number of carbonyl (C=O) groups excluding carboxylic acids is 1. The predicted octanol–water partition coefficient (Wildman–Crippen LogP) is 3.79. The molecule has 0 unspecified atom stereocenters. The van der Waals surface area contributed by atoms with Gasteiger partial charge in [-0.3, -0.25) is 0 Å². The molecule has 0 aliphatic carbocycles. The van der Waals surface area contributed by atoms with Crippen molar-refractivity contribution in [2.75, 3.05) is 6.61 Å². The number of phenolic OH excluding ortho intramolecular Hbond substituents is 3. The van der Waals surface area contributed by atoms with Gasteiger partial charge in [0.05, 0.1) is 12.2 Å². The predicted molar refractivity (Wildman–Crippen MR) is 84.8 cm³/mol. The maximum atomic E-state index is 12.5. The monoisotopic (exact) mass is 310 g/mol. The molecule has 0 spiro atoms. The van der Waals surface area contributed by atoms with E-state index in [1.165, 1.54) is 0 Å². The third-order valence-electron chi connectivity index (χ3n) is 3.43. The Morgan fingerprint density at radius 1 is 1.09 bits per heavy atom. The van der Waals surface area contributed by atoms with E-state index >= 15 is 0 Å². The fraction of sp³-hybridized carbons (Fsp3) is 0.588. The molecule has 1 aromatic carbocycles. The lowest BCUT2D eigenvalue weighted by atomic mass is 9.79. The largest absolute Gasteiger partial charge is 0.504 e. The van der Waals surface area contributed by atoms with Crippen LogP contribution in [-0.2, 0) is 10.2 Å². The Kier molecular flexibility index (Phi) is 5.33. The lowest BCUT2D eigenvalue weighted by molar-refractivity contribution is 0.0499. The Labute approximate surface area is 131 Å². The summed E-state index contributed by atoms with van der Waals surface area (Å²) in [5.41, 5.74) is 0.108. The number of esters is 1. The molecule has 0 radical (unpaired) electrons. The van der Waals surface area contributed by atoms with E-state index in [0.717, 1.165) is 0 Å². The summed E-state index contributed by atoms with van der Waals surface area (Å²) in [7, 11) is 0. The van der Waals surface area contributed by atoms with Crippen LogP contribution in [0.4, 0.5) is 0 Å². The number of rotatable bonds is 4. The van der Waals surface area contributed by atoms with Crippen LogP contribution in [0.25, 0.3) is 0 Å². The van der Waals surface area contributed by atoms with Gasteiger partial charge in [-0.15, -0.1) is 0 Å². The van der Waals surface area contributed by atoms with Crippen LogP contribution < -0.4 is 0 Å². The smallest absolute Gasteiger partial charge is 0.339 e. The van der Waals surface area contributed by atoms with Crippen LogP contribution in [0.15, 0.2) is 0 Å². The van der Waals surface area contributed by atoms with Gasteiger partial charge in [0, 0.05) is 11.1 Å². The van der Waals surface area contributed by atoms with Gasteiger partial charge in [0.25, 0.3) is 0 Å². The summed E-state index contributed by atoms with van der Waals surface area (Å²) in [5.74, 6) is -2.36. The van der Waals surface area contributed by atoms with Gasteiger partial charge in [-0.1, -0.05) is 41.5 Å². The molecule has 0 aliphatic heterocycles. The average molecular weight is 310 g/mol. The Balaban J connectivity index is 3.78. The van der Waals surface area contributed by atoms with Crippen LogP contribution in [0.2, 0.25) is 0 Å². The quantitative estimate of drug-likeness (QED) is 0.582. The van der Waals surface area contributed by atoms with Crippen LogP contribution >= 0.6 is 0 Å². The van der Waals surface area contributed by atoms with E-state index in [0.29, 0.717) is 12.0 Å². The highest BCUT2D eigenvalue weighted by molar-refractivity contribution is 5.96. The van der Waals surface area contributed by atoms with Crippen LogP contribution in [0.3, 0.4) is 0 Å². The Bertz CT molecular complexity index is 568. The SMILES string of the molecule is CCCOC(=O)c1c(C(C)C)c(O)c(O)c(O)c1C(C)(C)C. The second-order valence-electron chi connectivity index (χ2n) is 6.75. The van der Waals surface area contributed by atoms with Gasteiger partial charge in [-0.25, -0.2) is 4.79 Å². The zero-order valence-corrected chi connectivity index (χ0v) is 14.1. The summed E-state index contributed by atoms with van der Waals surface area (Å²) < 4.78 is 5.21. The number of hydrogen-bond acceptors (Lipinski definition) is 5. The molecule has 0 bridgehead atoms. The van der Waals surface area contributed by atoms with Crippen molar-refractivity contribution in [3.05, 3.63) is 16.7 Å². The number of benzene rings is 1. The van der Waals surface area contributed by atoms with Crippen LogP contribution in [0, 0.1) is 0 Å². The standard InChI is InChI=1S/C17H26O5/c1-7-8-22-16(21)11-10(9(2)3)13(18)15(20)14(19)12(11)17(4,5)6/h9,18-20H,7-8H2,1-6H3. The number of hydrogen-bond donors (Lipinski definition) is 3. The van der Waals surface area contributed by atoms with Gasteiger partial charge in [0.15, 0.2) is 11.5 Å². The normalized spacial score (nSPS) is 11.8. The van der Waals surface area contributed by atoms with Crippen molar-refractivity contribution in [1.82, 2.24) is 0 Å². The molecule has 0 saturated heterocycles. The average Bonchev–Trinajstić information content (AvgIpc) is 2.39. The zero-order valence-electron chi connectivity index (χ0n) is 14.1. The van der Waals surface area contributed by atoms with E-state index in [4.69, 9.17) is 4.74 Å². The molecular weight excluding hydrogens is 284 g/mol. The summed E-state index contributed by atoms with van der Waals surface area (Å²) in [6.45, 7) is 11.2. The molecule has 0 fully saturated rings. The van der Waals surface area contributed by atoms with Crippen molar-refractivity contribution in [1.29, 1.82) is 0 Å². The highest BCUT2D eigenvalue weighted by Crippen LogP contribution is 2.49. The first kappa shape index (κ1) is 18.1. The molecule has 5 nitrogen and oxygen atoms in total. The van der Waals surface area contributed by atoms with Gasteiger partial charge in [0.1, 0.15) is 0 Å². The first-order valence-electron chi connectivity index (χ1n) is 7.52. The lowest BCUT2D eigenvalue weighted by Crippen LogP contribution is -2.21. The molecule has 0 saturated carbocycles. The van der Waals surface area contributed by atoms with Crippen molar-refractivity contribution in [2.24, 2.45) is 0 Å². The number of aromatic hydroxyl groups is 3. The van der Waals surface area contributed by atoms with E-state index in [9.17, 15) is 20.1 Å². The molecule has 22 heavy (non-hydrogen) atoms. The zero-order chi connectivity index (χ0) is 17.2. The topological polar surface area (TPSA) is 87.0 Å². The second kappa shape index (κ2) is 6.46. The minimum Gasteiger partial charge on any atom is -0.504 e. The van der Waals surface area contributed by atoms with Crippen molar-refractivity contribution in [3.63, 3.8) is 0 Å². The van der Waals surface area contributed by atoms with E-state index in [2.05, 4.69) is 0 Å². The van der Waals surface area contributed by atoms with Crippen molar-refractivity contribution < 1.29 is 24.9 Å². The summed E-state index contributed by atoms with van der Waals surface area (Å²) in [4.78, 5) is 12.5. The first-order chi connectivity index (χ1) is 10.0. The Hall–Kier alpha value is -1.91. The van der Waals surface area contributed by atoms with Gasteiger partial charge in [-0.05, 0) is 17.8 Å². The van der Waals surface area contributed by atoms with Crippen molar-refractivity contribution in [3.8, 4) is 17.2 Å². The lowest BCUT2D eigenvalue weighted by Gasteiger charge is -2.27. The molecule has 1 rings (SSSR count). The third-order valence-corrected chi connectivity index (χ3v) is 3.43. The minimum atomic E-state index is -0.612. The summed E-state index contributed by atoms with van der Waals surface area (Å²) in [6, 6.07) is 0. The molecule has 3 N–H and O–H groups in total. The summed E-state index contributed by atoms with van der Waals surface area (Å²) in [5, 5.41) is 30.4. The summed E-state index contributed by atoms with van der Waals surface area (Å²) >= 11 is 0. The minimum absolute atomic E-state index is 0.142. The molecule has 124 valence electrons. The van der Waals surface area contributed by atoms with E-state index in [1.807, 2.05) is 27.7 Å². The molecule has 0 aliphatic rings. The van der Waals surface area contributed by atoms with Crippen molar-refractivity contribution >= 4 is 5.97 Å². The van der Waals surface area contributed by atoms with Gasteiger partial charge in [0.2, 0.25) is 5.75 Å². The third kappa shape index (κ3) is 3.29. The molecule has 5 heteroatoms. The van der Waals surface area contributed by atoms with E-state index in [1.54, 1.807) is 13.8 Å². The molecule has 0 atom stereocenters. The molecule has 0 heterocycles. The fourth-order valence-corrected chi connectivity index (χ4v) is 2.50. The van der Waals surface area contributed by atoms with Crippen LogP contribution in [0.5, 0.6) is 17.2 Å². The molecule has 0 aromatic heterocycles. The van der Waals surface area contributed by atoms with Gasteiger partial charge < -0.3 is 20.1 Å². The number of ether oxygens (including phenoxy) is 1. The first-order valence-corrected chi connectivity index (χ1v) is 7.52. The highest BCUT2D eigenvalue weighted by Gasteiger charge is 2.34. The Morgan fingerprint density at radius 2 is 1.64 bits per heavy atom. The van der Waals surface area contributed by atoms with Crippen molar-refractivity contribution in [2.45, 2.75) is 59.3 Å². The Morgan fingerprint density at radius 3 is 2.05 bits per heavy atom. The van der Waals surface area contributed by atoms with E-state index in [-0.39, 0.29) is 23.7 Å². The maximum Gasteiger partial charge on any atom is 0.339 e. The van der Waals surface area contributed by atoms with Gasteiger partial charge in [-0.2, -0.15) is 0 Å². The van der Waals surface area contributed by atoms with Crippen LogP contribution in [-0.4, -0.2) is 27.9 Å². The molecule has 1 aromatic rings. The summed E-state index contributed by atoms with van der Waals surface area (Å²) in [6.07, 6.45) is 0.670. The second-order valence-corrected chi connectivity index (χ2v) is 6.75. The number of carbonyl (C=O) groups is 1. The highest BCUT2D eigenvalue weighted by atomic mass is 16.5. The van der Waals surface area contributed by atoms with E-state index < -0.39 is 28.6 Å². The molecular formula is C17H26O5. The fourth-order valence-electron chi connectivity index (χ4n) is 2.50. The maximum absolute atomic E-state index is 12.5. The van der Waals surface area contributed by atoms with Gasteiger partial charge >= 0.3 is 5.97 Å². The van der Waals surface area contributed by atoms with Crippen LogP contribution in [0.1, 0.15) is 75.4 Å². The molecule has 0 amide bonds. The number of phenols is 3.